The average molecular weight is 583 g/mol. The second kappa shape index (κ2) is 10.1. The highest BCUT2D eigenvalue weighted by atomic mass is 32.2. The number of sulfonamides is 1. The van der Waals surface area contributed by atoms with E-state index >= 15 is 0 Å². The molecule has 216 valence electrons. The lowest BCUT2D eigenvalue weighted by Crippen LogP contribution is -2.62. The quantitative estimate of drug-likeness (QED) is 0.341. The minimum absolute atomic E-state index is 0.0493. The second-order valence-electron chi connectivity index (χ2n) is 10.8. The van der Waals surface area contributed by atoms with Crippen LogP contribution < -0.4 is 14.8 Å². The number of nitrogens with one attached hydrogen (secondary N) is 1. The molecule has 1 aromatic carbocycles. The number of likely N-dealkylation sites (tertiary alicyclic amines) is 1. The number of carbonyl (C=O) groups excluding carboxylic acids is 3. The normalized spacial score (nSPS) is 22.6. The van der Waals surface area contributed by atoms with E-state index in [2.05, 4.69) is 5.32 Å². The summed E-state index contributed by atoms with van der Waals surface area (Å²) in [5.74, 6) is -0.698. The third kappa shape index (κ3) is 4.52. The Morgan fingerprint density at radius 3 is 2.66 bits per heavy atom. The summed E-state index contributed by atoms with van der Waals surface area (Å²) in [6, 6.07) is 9.03. The van der Waals surface area contributed by atoms with Gasteiger partial charge in [0.1, 0.15) is 22.9 Å². The zero-order valence-electron chi connectivity index (χ0n) is 22.4. The van der Waals surface area contributed by atoms with Crippen molar-refractivity contribution in [3.8, 4) is 5.75 Å². The minimum Gasteiger partial charge on any atom is -0.618 e. The first kappa shape index (κ1) is 27.2. The van der Waals surface area contributed by atoms with E-state index in [1.807, 2.05) is 0 Å². The van der Waals surface area contributed by atoms with Crippen molar-refractivity contribution in [2.75, 3.05) is 20.2 Å². The summed E-state index contributed by atoms with van der Waals surface area (Å²) < 4.78 is 39.0. The molecule has 13 heteroatoms. The number of ether oxygens (including phenoxy) is 1. The molecule has 4 heterocycles. The first-order valence-corrected chi connectivity index (χ1v) is 15.0. The number of hydrogen-bond donors (Lipinski definition) is 1. The standard InChI is InChI=1S/C28H30N4O8S/c1-39-19-8-9-22-18(15-19)16-23(40-22)26(34)29-28(11-4-2-5-12-28)27(35)30-14-10-20-25(30)21(33)17-32(20)41(37,38)24-7-3-6-13-31(24)36/h3,6-9,13,15-16,20,25H,2,4-5,10-12,14,17H2,1H3,(H,29,34). The second-order valence-corrected chi connectivity index (χ2v) is 12.6. The maximum absolute atomic E-state index is 14.2. The van der Waals surface area contributed by atoms with Crippen LogP contribution in [0.5, 0.6) is 5.75 Å². The summed E-state index contributed by atoms with van der Waals surface area (Å²) >= 11 is 0. The maximum Gasteiger partial charge on any atom is 0.323 e. The van der Waals surface area contributed by atoms with Crippen LogP contribution in [0.2, 0.25) is 0 Å². The Morgan fingerprint density at radius 1 is 1.15 bits per heavy atom. The molecule has 2 aromatic heterocycles. The molecule has 2 aliphatic heterocycles. The molecule has 12 nitrogen and oxygen atoms in total. The molecule has 6 rings (SSSR count). The van der Waals surface area contributed by atoms with Crippen molar-refractivity contribution >= 4 is 38.6 Å². The number of hydrogen-bond acceptors (Lipinski definition) is 8. The zero-order chi connectivity index (χ0) is 28.9. The van der Waals surface area contributed by atoms with Crippen molar-refractivity contribution in [2.24, 2.45) is 0 Å². The van der Waals surface area contributed by atoms with E-state index in [1.165, 1.54) is 23.1 Å². The van der Waals surface area contributed by atoms with Gasteiger partial charge in [-0.25, -0.2) is 8.42 Å². The number of nitrogens with zero attached hydrogens (tertiary/aromatic N) is 3. The molecule has 2 unspecified atom stereocenters. The molecule has 0 bridgehead atoms. The van der Waals surface area contributed by atoms with Gasteiger partial charge in [-0.15, -0.1) is 0 Å². The van der Waals surface area contributed by atoms with E-state index in [1.54, 1.807) is 31.4 Å². The zero-order valence-corrected chi connectivity index (χ0v) is 23.3. The lowest BCUT2D eigenvalue weighted by Gasteiger charge is -2.40. The van der Waals surface area contributed by atoms with E-state index in [4.69, 9.17) is 9.15 Å². The Balaban J connectivity index is 1.26. The first-order valence-electron chi connectivity index (χ1n) is 13.6. The summed E-state index contributed by atoms with van der Waals surface area (Å²) in [5, 5.41) is 15.4. The molecular formula is C28H30N4O8S. The van der Waals surface area contributed by atoms with Gasteiger partial charge < -0.3 is 24.6 Å². The van der Waals surface area contributed by atoms with E-state index in [0.717, 1.165) is 16.9 Å². The minimum atomic E-state index is -4.28. The fourth-order valence-electron chi connectivity index (χ4n) is 6.42. The number of fused-ring (bicyclic) bond motifs is 2. The van der Waals surface area contributed by atoms with Gasteiger partial charge in [0.15, 0.2) is 17.7 Å². The number of methoxy groups -OCH3 is 1. The van der Waals surface area contributed by atoms with Crippen LogP contribution >= 0.6 is 0 Å². The van der Waals surface area contributed by atoms with Gasteiger partial charge in [-0.2, -0.15) is 9.04 Å². The highest BCUT2D eigenvalue weighted by molar-refractivity contribution is 7.89. The SMILES string of the molecule is COc1ccc2oc(C(=O)NC3(C(=O)N4CCC5C4C(=O)CN5S(=O)(=O)c4cccc[n+]4[O-])CCCCC3)cc2c1. The molecule has 0 radical (unpaired) electrons. The molecule has 2 amide bonds. The van der Waals surface area contributed by atoms with Crippen molar-refractivity contribution in [2.45, 2.75) is 61.2 Å². The largest absolute Gasteiger partial charge is 0.618 e. The van der Waals surface area contributed by atoms with Crippen LogP contribution in [-0.4, -0.2) is 73.0 Å². The van der Waals surface area contributed by atoms with Gasteiger partial charge in [0.2, 0.25) is 5.91 Å². The predicted molar refractivity (Wildman–Crippen MR) is 144 cm³/mol. The fourth-order valence-corrected chi connectivity index (χ4v) is 8.07. The van der Waals surface area contributed by atoms with Gasteiger partial charge in [-0.3, -0.25) is 14.4 Å². The van der Waals surface area contributed by atoms with Crippen LogP contribution in [0.1, 0.15) is 49.1 Å². The van der Waals surface area contributed by atoms with Crippen LogP contribution in [-0.2, 0) is 19.6 Å². The van der Waals surface area contributed by atoms with Crippen LogP contribution in [0.15, 0.2) is 58.1 Å². The highest BCUT2D eigenvalue weighted by Gasteiger charge is 2.57. The molecule has 41 heavy (non-hydrogen) atoms. The monoisotopic (exact) mass is 582 g/mol. The van der Waals surface area contributed by atoms with E-state index in [-0.39, 0.29) is 23.5 Å². The Labute approximate surface area is 236 Å². The van der Waals surface area contributed by atoms with Gasteiger partial charge in [-0.1, -0.05) is 19.3 Å². The summed E-state index contributed by atoms with van der Waals surface area (Å²) in [6.07, 6.45) is 4.40. The Bertz CT molecular complexity index is 1650. The van der Waals surface area contributed by atoms with Crippen LogP contribution in [0.25, 0.3) is 11.0 Å². The highest BCUT2D eigenvalue weighted by Crippen LogP contribution is 2.38. The third-order valence-electron chi connectivity index (χ3n) is 8.42. The number of Topliss-reactive ketones (excluding diaryl/α,β-unsaturated/α-hetero) is 1. The summed E-state index contributed by atoms with van der Waals surface area (Å²) in [4.78, 5) is 42.3. The Hall–Kier alpha value is -3.97. The van der Waals surface area contributed by atoms with E-state index in [0.29, 0.717) is 42.4 Å². The Morgan fingerprint density at radius 2 is 1.93 bits per heavy atom. The maximum atomic E-state index is 14.2. The molecule has 3 fully saturated rings. The summed E-state index contributed by atoms with van der Waals surface area (Å²) in [5.41, 5.74) is -0.761. The lowest BCUT2D eigenvalue weighted by molar-refractivity contribution is -0.646. The number of carbonyl (C=O) groups is 3. The number of ketones is 1. The van der Waals surface area contributed by atoms with Crippen molar-refractivity contribution in [3.63, 3.8) is 0 Å². The molecule has 3 aromatic rings. The molecule has 3 aliphatic rings. The van der Waals surface area contributed by atoms with E-state index in [9.17, 15) is 28.0 Å². The van der Waals surface area contributed by atoms with Gasteiger partial charge in [0.25, 0.3) is 5.91 Å². The molecular weight excluding hydrogens is 552 g/mol. The van der Waals surface area contributed by atoms with E-state index < -0.39 is 56.8 Å². The number of aromatic nitrogens is 1. The average Bonchev–Trinajstić information content (AvgIpc) is 3.68. The van der Waals surface area contributed by atoms with Crippen molar-refractivity contribution in [1.82, 2.24) is 14.5 Å². The smallest absolute Gasteiger partial charge is 0.323 e. The summed E-state index contributed by atoms with van der Waals surface area (Å²) in [7, 11) is -2.74. The Kier molecular flexibility index (Phi) is 6.73. The third-order valence-corrected chi connectivity index (χ3v) is 10.3. The van der Waals surface area contributed by atoms with Gasteiger partial charge in [0.05, 0.1) is 19.7 Å². The van der Waals surface area contributed by atoms with Crippen molar-refractivity contribution in [3.05, 3.63) is 59.6 Å². The number of benzene rings is 1. The molecule has 2 atom stereocenters. The fraction of sp³-hybridized carbons (Fsp3) is 0.429. The van der Waals surface area contributed by atoms with Gasteiger partial charge in [-0.05, 0) is 49.6 Å². The van der Waals surface area contributed by atoms with Gasteiger partial charge in [0, 0.05) is 24.1 Å². The molecule has 2 saturated heterocycles. The first-order chi connectivity index (χ1) is 19.6. The van der Waals surface area contributed by atoms with Crippen molar-refractivity contribution in [1.29, 1.82) is 0 Å². The number of amides is 2. The molecule has 0 spiro atoms. The predicted octanol–water partition coefficient (Wildman–Crippen LogP) is 1.75. The number of furan rings is 1. The number of pyridine rings is 1. The molecule has 1 N–H and O–H groups in total. The van der Waals surface area contributed by atoms with Crippen LogP contribution in [0.3, 0.4) is 0 Å². The van der Waals surface area contributed by atoms with Crippen molar-refractivity contribution < 1.29 is 36.7 Å². The van der Waals surface area contributed by atoms with Gasteiger partial charge >= 0.3 is 15.0 Å². The van der Waals surface area contributed by atoms with Crippen LogP contribution in [0.4, 0.5) is 0 Å². The molecule has 1 aliphatic carbocycles. The summed E-state index contributed by atoms with van der Waals surface area (Å²) in [6.45, 7) is -0.279. The van der Waals surface area contributed by atoms with Crippen LogP contribution in [0, 0.1) is 5.21 Å². The topological polar surface area (TPSA) is 153 Å². The number of rotatable bonds is 6. The molecule has 1 saturated carbocycles. The lowest BCUT2D eigenvalue weighted by atomic mass is 9.80.